The Balaban J connectivity index is 1.53. The van der Waals surface area contributed by atoms with Gasteiger partial charge in [0.25, 0.3) is 0 Å². The van der Waals surface area contributed by atoms with Gasteiger partial charge in [0, 0.05) is 11.3 Å². The molecular formula is C24H18N4OS2. The van der Waals surface area contributed by atoms with Crippen molar-refractivity contribution in [3.8, 4) is 5.69 Å². The summed E-state index contributed by atoms with van der Waals surface area (Å²) in [5.41, 5.74) is 4.12. The van der Waals surface area contributed by atoms with Gasteiger partial charge in [-0.2, -0.15) is 0 Å². The topological polar surface area (TPSA) is 40.8 Å². The summed E-state index contributed by atoms with van der Waals surface area (Å²) in [5.74, 6) is 1.73. The Morgan fingerprint density at radius 3 is 2.16 bits per heavy atom. The number of fused-ring (bicyclic) bond motifs is 3. The maximum atomic E-state index is 12.9. The monoisotopic (exact) mass is 442 g/mol. The van der Waals surface area contributed by atoms with Crippen molar-refractivity contribution in [2.75, 3.05) is 9.91 Å². The third kappa shape index (κ3) is 2.92. The van der Waals surface area contributed by atoms with Gasteiger partial charge >= 0.3 is 4.87 Å². The minimum Gasteiger partial charge on any atom is -0.292 e. The van der Waals surface area contributed by atoms with Crippen LogP contribution in [-0.2, 0) is 0 Å². The van der Waals surface area contributed by atoms with Crippen LogP contribution in [0.5, 0.6) is 0 Å². The number of aromatic nitrogens is 1. The summed E-state index contributed by atoms with van der Waals surface area (Å²) >= 11 is 2.96. The van der Waals surface area contributed by atoms with Gasteiger partial charge in [-0.05, 0) is 31.2 Å². The molecule has 0 radical (unpaired) electrons. The number of aryl methyl sites for hydroxylation is 1. The van der Waals surface area contributed by atoms with Crippen LogP contribution in [0.2, 0.25) is 0 Å². The Hall–Kier alpha value is -3.29. The molecule has 0 fully saturated rings. The second-order valence-electron chi connectivity index (χ2n) is 7.43. The average Bonchev–Trinajstić information content (AvgIpc) is 3.42. The highest BCUT2D eigenvalue weighted by Gasteiger charge is 2.46. The van der Waals surface area contributed by atoms with Crippen LogP contribution in [0.25, 0.3) is 5.69 Å². The molecule has 3 heterocycles. The standard InChI is InChI=1S/C24H18N4OS2/c1-16-12-14-17(15-13-16)20-25-28-21-22(30-23(28)26(20)18-8-4-2-5-9-18)31-24(29)27(21)19-10-6-3-7-11-19/h2-15,23H,1H3. The maximum Gasteiger partial charge on any atom is 0.314 e. The van der Waals surface area contributed by atoms with Crippen LogP contribution in [0.15, 0.2) is 99.0 Å². The van der Waals surface area contributed by atoms with E-state index in [-0.39, 0.29) is 10.4 Å². The lowest BCUT2D eigenvalue weighted by Gasteiger charge is -2.27. The first kappa shape index (κ1) is 18.5. The van der Waals surface area contributed by atoms with Crippen molar-refractivity contribution >= 4 is 40.4 Å². The third-order valence-corrected chi connectivity index (χ3v) is 7.69. The zero-order valence-corrected chi connectivity index (χ0v) is 18.3. The summed E-state index contributed by atoms with van der Waals surface area (Å²) in [4.78, 5) is 15.1. The quantitative estimate of drug-likeness (QED) is 0.433. The zero-order valence-electron chi connectivity index (χ0n) is 16.7. The molecule has 5 nitrogen and oxygen atoms in total. The molecule has 2 aliphatic rings. The molecule has 0 N–H and O–H groups in total. The normalized spacial score (nSPS) is 16.9. The summed E-state index contributed by atoms with van der Waals surface area (Å²) < 4.78 is 2.77. The molecule has 0 spiro atoms. The number of amidine groups is 1. The maximum absolute atomic E-state index is 12.9. The molecule has 0 aliphatic carbocycles. The van der Waals surface area contributed by atoms with Crippen molar-refractivity contribution in [2.24, 2.45) is 5.10 Å². The van der Waals surface area contributed by atoms with Crippen LogP contribution < -0.4 is 14.8 Å². The highest BCUT2D eigenvalue weighted by atomic mass is 32.2. The van der Waals surface area contributed by atoms with Gasteiger partial charge < -0.3 is 0 Å². The molecule has 1 unspecified atom stereocenters. The van der Waals surface area contributed by atoms with E-state index >= 15 is 0 Å². The fourth-order valence-corrected chi connectivity index (χ4v) is 6.37. The Morgan fingerprint density at radius 2 is 1.48 bits per heavy atom. The second kappa shape index (κ2) is 7.14. The van der Waals surface area contributed by atoms with Crippen LogP contribution in [0, 0.1) is 6.92 Å². The largest absolute Gasteiger partial charge is 0.314 e. The van der Waals surface area contributed by atoms with E-state index in [1.807, 2.05) is 53.5 Å². The molecule has 0 bridgehead atoms. The van der Waals surface area contributed by atoms with Gasteiger partial charge in [-0.3, -0.25) is 14.3 Å². The highest BCUT2D eigenvalue weighted by Crippen LogP contribution is 2.51. The third-order valence-electron chi connectivity index (χ3n) is 5.41. The first-order chi connectivity index (χ1) is 15.2. The lowest BCUT2D eigenvalue weighted by molar-refractivity contribution is 0.825. The van der Waals surface area contributed by atoms with Crippen molar-refractivity contribution < 1.29 is 0 Å². The number of hydrazone groups is 1. The van der Waals surface area contributed by atoms with Crippen LogP contribution >= 0.6 is 23.1 Å². The number of nitrogens with zero attached hydrogens (tertiary/aromatic N) is 4. The van der Waals surface area contributed by atoms with Gasteiger partial charge in [0.1, 0.15) is 4.21 Å². The molecule has 2 aliphatic heterocycles. The molecule has 7 heteroatoms. The summed E-state index contributed by atoms with van der Waals surface area (Å²) in [6, 6.07) is 28.5. The highest BCUT2D eigenvalue weighted by molar-refractivity contribution is 8.02. The first-order valence-electron chi connectivity index (χ1n) is 9.98. The van der Waals surface area contributed by atoms with E-state index in [1.165, 1.54) is 16.9 Å². The van der Waals surface area contributed by atoms with Gasteiger partial charge in [-0.15, -0.1) is 5.10 Å². The molecule has 1 atom stereocenters. The van der Waals surface area contributed by atoms with E-state index in [4.69, 9.17) is 5.10 Å². The van der Waals surface area contributed by atoms with Crippen LogP contribution in [-0.4, -0.2) is 15.9 Å². The molecule has 31 heavy (non-hydrogen) atoms. The van der Waals surface area contributed by atoms with Crippen molar-refractivity contribution in [1.29, 1.82) is 0 Å². The molecule has 4 aromatic rings. The molecule has 0 amide bonds. The van der Waals surface area contributed by atoms with Crippen molar-refractivity contribution in [2.45, 2.75) is 16.6 Å². The van der Waals surface area contributed by atoms with Gasteiger partial charge in [-0.1, -0.05) is 89.3 Å². The zero-order chi connectivity index (χ0) is 20.9. The first-order valence-corrected chi connectivity index (χ1v) is 11.7. The molecule has 0 saturated carbocycles. The van der Waals surface area contributed by atoms with Crippen molar-refractivity contribution in [3.05, 3.63) is 106 Å². The van der Waals surface area contributed by atoms with Crippen LogP contribution in [0.4, 0.5) is 11.5 Å². The van der Waals surface area contributed by atoms with Gasteiger partial charge in [0.05, 0.1) is 5.69 Å². The molecular weight excluding hydrogens is 424 g/mol. The summed E-state index contributed by atoms with van der Waals surface area (Å²) in [7, 11) is 0. The number of rotatable bonds is 3. The van der Waals surface area contributed by atoms with Crippen molar-refractivity contribution in [1.82, 2.24) is 4.57 Å². The second-order valence-corrected chi connectivity index (χ2v) is 9.72. The Labute approximate surface area is 187 Å². The predicted octanol–water partition coefficient (Wildman–Crippen LogP) is 5.29. The summed E-state index contributed by atoms with van der Waals surface area (Å²) in [6.07, 6.45) is 0. The number of thioether (sulfide) groups is 1. The van der Waals surface area contributed by atoms with E-state index in [0.29, 0.717) is 0 Å². The van der Waals surface area contributed by atoms with E-state index in [9.17, 15) is 4.79 Å². The van der Waals surface area contributed by atoms with Gasteiger partial charge in [0.15, 0.2) is 17.2 Å². The Kier molecular flexibility index (Phi) is 4.26. The van der Waals surface area contributed by atoms with E-state index in [0.717, 1.165) is 32.8 Å². The minimum atomic E-state index is -0.0736. The minimum absolute atomic E-state index is 0.00685. The molecule has 1 aromatic heterocycles. The van der Waals surface area contributed by atoms with Crippen molar-refractivity contribution in [3.63, 3.8) is 0 Å². The summed E-state index contributed by atoms with van der Waals surface area (Å²) in [6.45, 7) is 2.08. The lowest BCUT2D eigenvalue weighted by Crippen LogP contribution is -2.39. The average molecular weight is 443 g/mol. The number of thiazole rings is 1. The van der Waals surface area contributed by atoms with Gasteiger partial charge in [-0.25, -0.2) is 5.01 Å². The number of benzene rings is 3. The molecule has 152 valence electrons. The van der Waals surface area contributed by atoms with Crippen LogP contribution in [0.1, 0.15) is 11.1 Å². The smallest absolute Gasteiger partial charge is 0.292 e. The molecule has 6 rings (SSSR count). The van der Waals surface area contributed by atoms with Gasteiger partial charge in [0.2, 0.25) is 0 Å². The number of para-hydroxylation sites is 2. The fraction of sp³-hybridized carbons (Fsp3) is 0.0833. The number of anilines is 2. The van der Waals surface area contributed by atoms with E-state index in [1.54, 1.807) is 16.3 Å². The Bertz CT molecular complexity index is 1340. The Morgan fingerprint density at radius 1 is 0.839 bits per heavy atom. The number of hydrogen-bond donors (Lipinski definition) is 0. The predicted molar refractivity (Wildman–Crippen MR) is 129 cm³/mol. The van der Waals surface area contributed by atoms with E-state index < -0.39 is 0 Å². The molecule has 0 saturated heterocycles. The summed E-state index contributed by atoms with van der Waals surface area (Å²) in [5, 5.41) is 7.04. The number of hydrogen-bond acceptors (Lipinski definition) is 6. The molecule has 3 aromatic carbocycles. The van der Waals surface area contributed by atoms with Crippen LogP contribution in [0.3, 0.4) is 0 Å². The lowest BCUT2D eigenvalue weighted by atomic mass is 10.1. The SMILES string of the molecule is Cc1ccc(C2=NN3c4c(sc(=O)n4-c4ccccc4)SC3N2c2ccccc2)cc1. The van der Waals surface area contributed by atoms with E-state index in [2.05, 4.69) is 48.2 Å². The fourth-order valence-electron chi connectivity index (χ4n) is 3.93.